The summed E-state index contributed by atoms with van der Waals surface area (Å²) in [5.41, 5.74) is 4.50. The van der Waals surface area contributed by atoms with Crippen LogP contribution in [0.1, 0.15) is 51.3 Å². The van der Waals surface area contributed by atoms with Gasteiger partial charge in [0.05, 0.1) is 22.7 Å². The zero-order valence-electron chi connectivity index (χ0n) is 24.5. The van der Waals surface area contributed by atoms with E-state index in [1.54, 1.807) is 23.1 Å². The van der Waals surface area contributed by atoms with Crippen LogP contribution in [0.15, 0.2) is 82.3 Å². The molecule has 5 aromatic rings. The molecule has 1 N–H and O–H groups in total. The third-order valence-corrected chi connectivity index (χ3v) is 8.01. The quantitative estimate of drug-likeness (QED) is 0.245. The average Bonchev–Trinajstić information content (AvgIpc) is 3.27. The molecule has 8 heteroatoms. The molecule has 3 heterocycles. The Labute approximate surface area is 244 Å². The maximum absolute atomic E-state index is 14.2. The highest BCUT2D eigenvalue weighted by Crippen LogP contribution is 2.43. The number of pyridine rings is 1. The molecule has 1 saturated carbocycles. The standard InChI is InChI=1S/C34H34N4O4/c1-21-26(20-36-38(21)5)28-31-25(16-19-35-28)29(39)27(30(41-31)23-10-7-6-8-11-23)22-12-14-24(15-13-22)34(17-9-18-34)37-32(40)42-33(2,3)4/h6-8,10-16,19-20H,9,17-18H2,1-5H3,(H,37,40). The van der Waals surface area contributed by atoms with Gasteiger partial charge >= 0.3 is 6.09 Å². The van der Waals surface area contributed by atoms with Crippen molar-refractivity contribution in [2.75, 3.05) is 0 Å². The van der Waals surface area contributed by atoms with Gasteiger partial charge in [-0.2, -0.15) is 5.10 Å². The van der Waals surface area contributed by atoms with Crippen molar-refractivity contribution in [1.82, 2.24) is 20.1 Å². The third-order valence-electron chi connectivity index (χ3n) is 8.01. The Kier molecular flexibility index (Phi) is 6.72. The van der Waals surface area contributed by atoms with Crippen molar-refractivity contribution >= 4 is 17.1 Å². The van der Waals surface area contributed by atoms with E-state index in [2.05, 4.69) is 15.4 Å². The molecule has 6 rings (SSSR count). The van der Waals surface area contributed by atoms with Gasteiger partial charge < -0.3 is 14.5 Å². The third kappa shape index (κ3) is 4.87. The lowest BCUT2D eigenvalue weighted by molar-refractivity contribution is 0.0377. The summed E-state index contributed by atoms with van der Waals surface area (Å²) in [6.45, 7) is 7.52. The van der Waals surface area contributed by atoms with Crippen LogP contribution < -0.4 is 10.7 Å². The smallest absolute Gasteiger partial charge is 0.408 e. The van der Waals surface area contributed by atoms with Gasteiger partial charge in [-0.15, -0.1) is 0 Å². The lowest BCUT2D eigenvalue weighted by Crippen LogP contribution is -2.52. The molecule has 0 saturated heterocycles. The zero-order valence-corrected chi connectivity index (χ0v) is 24.5. The van der Waals surface area contributed by atoms with Crippen molar-refractivity contribution in [2.45, 2.75) is 58.1 Å². The Morgan fingerprint density at radius 1 is 1.02 bits per heavy atom. The molecule has 0 unspecified atom stereocenters. The van der Waals surface area contributed by atoms with Crippen molar-refractivity contribution in [2.24, 2.45) is 7.05 Å². The van der Waals surface area contributed by atoms with Gasteiger partial charge in [0, 0.05) is 30.1 Å². The Hall–Kier alpha value is -4.72. The number of hydrogen-bond acceptors (Lipinski definition) is 6. The first-order chi connectivity index (χ1) is 20.1. The lowest BCUT2D eigenvalue weighted by Gasteiger charge is -2.43. The molecule has 1 aliphatic rings. The second-order valence-electron chi connectivity index (χ2n) is 11.9. The monoisotopic (exact) mass is 562 g/mol. The normalized spacial score (nSPS) is 14.4. The molecule has 214 valence electrons. The predicted octanol–water partition coefficient (Wildman–Crippen LogP) is 7.13. The highest BCUT2D eigenvalue weighted by atomic mass is 16.6. The van der Waals surface area contributed by atoms with Gasteiger partial charge in [0.15, 0.2) is 5.58 Å². The molecule has 42 heavy (non-hydrogen) atoms. The zero-order chi connectivity index (χ0) is 29.6. The summed E-state index contributed by atoms with van der Waals surface area (Å²) in [6.07, 6.45) is 5.61. The fourth-order valence-electron chi connectivity index (χ4n) is 5.57. The molecule has 0 radical (unpaired) electrons. The van der Waals surface area contributed by atoms with Gasteiger partial charge in [-0.05, 0) is 64.2 Å². The average molecular weight is 563 g/mol. The Morgan fingerprint density at radius 2 is 1.74 bits per heavy atom. The summed E-state index contributed by atoms with van der Waals surface area (Å²) in [6, 6.07) is 19.2. The van der Waals surface area contributed by atoms with E-state index in [1.165, 1.54) is 0 Å². The fourth-order valence-corrected chi connectivity index (χ4v) is 5.57. The molecule has 1 aliphatic carbocycles. The number of nitrogens with zero attached hydrogens (tertiary/aromatic N) is 3. The number of rotatable bonds is 5. The molecule has 1 fully saturated rings. The molecule has 0 bridgehead atoms. The van der Waals surface area contributed by atoms with Crippen molar-refractivity contribution in [1.29, 1.82) is 0 Å². The van der Waals surface area contributed by atoms with Crippen LogP contribution in [0.5, 0.6) is 0 Å². The minimum absolute atomic E-state index is 0.140. The molecular weight excluding hydrogens is 528 g/mol. The Balaban J connectivity index is 1.47. The van der Waals surface area contributed by atoms with Gasteiger partial charge in [0.25, 0.3) is 0 Å². The summed E-state index contributed by atoms with van der Waals surface area (Å²) < 4.78 is 13.9. The second-order valence-corrected chi connectivity index (χ2v) is 11.9. The highest BCUT2D eigenvalue weighted by Gasteiger charge is 2.41. The summed E-state index contributed by atoms with van der Waals surface area (Å²) in [5, 5.41) is 7.92. The lowest BCUT2D eigenvalue weighted by atomic mass is 9.71. The maximum atomic E-state index is 14.2. The number of benzene rings is 2. The first kappa shape index (κ1) is 27.4. The van der Waals surface area contributed by atoms with E-state index in [4.69, 9.17) is 9.15 Å². The minimum atomic E-state index is -0.581. The van der Waals surface area contributed by atoms with Crippen LogP contribution in [0.3, 0.4) is 0 Å². The maximum Gasteiger partial charge on any atom is 0.408 e. The molecule has 3 aromatic heterocycles. The Morgan fingerprint density at radius 3 is 2.33 bits per heavy atom. The van der Waals surface area contributed by atoms with Gasteiger partial charge in [0.1, 0.15) is 17.1 Å². The first-order valence-electron chi connectivity index (χ1n) is 14.2. The number of amides is 1. The van der Waals surface area contributed by atoms with Gasteiger partial charge in [-0.1, -0.05) is 54.6 Å². The molecule has 0 atom stereocenters. The van der Waals surface area contributed by atoms with Crippen LogP contribution in [0, 0.1) is 6.92 Å². The number of aryl methyl sites for hydroxylation is 1. The summed E-state index contributed by atoms with van der Waals surface area (Å²) in [4.78, 5) is 31.5. The van der Waals surface area contributed by atoms with E-state index >= 15 is 0 Å². The van der Waals surface area contributed by atoms with E-state index in [0.717, 1.165) is 47.2 Å². The van der Waals surface area contributed by atoms with E-state index in [-0.39, 0.29) is 5.43 Å². The van der Waals surface area contributed by atoms with Crippen LogP contribution in [0.2, 0.25) is 0 Å². The topological polar surface area (TPSA) is 99.2 Å². The predicted molar refractivity (Wildman–Crippen MR) is 163 cm³/mol. The van der Waals surface area contributed by atoms with E-state index in [1.807, 2.05) is 89.3 Å². The largest absolute Gasteiger partial charge is 0.453 e. The van der Waals surface area contributed by atoms with E-state index < -0.39 is 17.2 Å². The van der Waals surface area contributed by atoms with Crippen LogP contribution in [0.4, 0.5) is 4.79 Å². The number of aromatic nitrogens is 3. The van der Waals surface area contributed by atoms with E-state index in [0.29, 0.717) is 28.0 Å². The summed E-state index contributed by atoms with van der Waals surface area (Å²) in [7, 11) is 1.87. The first-order valence-corrected chi connectivity index (χ1v) is 14.2. The number of alkyl carbamates (subject to hydrolysis) is 1. The van der Waals surface area contributed by atoms with Crippen molar-refractivity contribution in [3.05, 3.63) is 94.5 Å². The van der Waals surface area contributed by atoms with Crippen LogP contribution in [-0.2, 0) is 17.3 Å². The van der Waals surface area contributed by atoms with Crippen LogP contribution in [0.25, 0.3) is 44.7 Å². The van der Waals surface area contributed by atoms with Gasteiger partial charge in [0.2, 0.25) is 5.43 Å². The van der Waals surface area contributed by atoms with E-state index in [9.17, 15) is 9.59 Å². The van der Waals surface area contributed by atoms with Crippen molar-refractivity contribution in [3.63, 3.8) is 0 Å². The molecule has 1 amide bonds. The minimum Gasteiger partial charge on any atom is -0.453 e. The van der Waals surface area contributed by atoms with Crippen molar-refractivity contribution < 1.29 is 13.9 Å². The van der Waals surface area contributed by atoms with Crippen LogP contribution >= 0.6 is 0 Å². The number of carbonyl (C=O) groups excluding carboxylic acids is 1. The Bertz CT molecular complexity index is 1840. The molecular formula is C34H34N4O4. The van der Waals surface area contributed by atoms with Gasteiger partial charge in [-0.3, -0.25) is 14.5 Å². The summed E-state index contributed by atoms with van der Waals surface area (Å²) >= 11 is 0. The molecule has 8 nitrogen and oxygen atoms in total. The van der Waals surface area contributed by atoms with Gasteiger partial charge in [-0.25, -0.2) is 4.79 Å². The fraction of sp³-hybridized carbons (Fsp3) is 0.294. The number of ether oxygens (including phenoxy) is 1. The molecule has 0 aliphatic heterocycles. The van der Waals surface area contributed by atoms with Crippen molar-refractivity contribution in [3.8, 4) is 33.7 Å². The number of nitrogens with one attached hydrogen (secondary N) is 1. The number of fused-ring (bicyclic) bond motifs is 1. The number of hydrogen-bond donors (Lipinski definition) is 1. The number of carbonyl (C=O) groups is 1. The molecule has 2 aromatic carbocycles. The molecule has 0 spiro atoms. The van der Waals surface area contributed by atoms with Crippen LogP contribution in [-0.4, -0.2) is 26.5 Å². The second kappa shape index (κ2) is 10.3. The summed E-state index contributed by atoms with van der Waals surface area (Å²) in [5.74, 6) is 0.474. The highest BCUT2D eigenvalue weighted by molar-refractivity contribution is 5.95. The SMILES string of the molecule is Cc1c(-c2nccc3c(=O)c(-c4ccc(C5(NC(=O)OC(C)(C)C)CCC5)cc4)c(-c4ccccc4)oc23)cnn1C.